The van der Waals surface area contributed by atoms with E-state index in [9.17, 15) is 5.11 Å². The molecular weight excluding hydrogens is 322 g/mol. The Hall–Kier alpha value is -2.17. The zero-order valence-electron chi connectivity index (χ0n) is 15.4. The average Bonchev–Trinajstić information content (AvgIpc) is 2.99. The maximum absolute atomic E-state index is 10.6. The van der Waals surface area contributed by atoms with E-state index in [2.05, 4.69) is 46.7 Å². The number of aliphatic hydroxyl groups is 1. The van der Waals surface area contributed by atoms with Gasteiger partial charge in [-0.15, -0.1) is 0 Å². The second-order valence-corrected chi connectivity index (χ2v) is 7.43. The molecule has 1 saturated heterocycles. The SMILES string of the molecule is Cc1nc(CN2CCC([C@H](O)Cc3ccccc3)CC2)c2ccccn12. The van der Waals surface area contributed by atoms with E-state index >= 15 is 0 Å². The second kappa shape index (κ2) is 7.60. The number of rotatable bonds is 5. The molecule has 1 aromatic carbocycles. The minimum absolute atomic E-state index is 0.241. The molecule has 136 valence electrons. The quantitative estimate of drug-likeness (QED) is 0.767. The summed E-state index contributed by atoms with van der Waals surface area (Å²) in [5.74, 6) is 1.44. The number of hydrogen-bond acceptors (Lipinski definition) is 3. The predicted molar refractivity (Wildman–Crippen MR) is 104 cm³/mol. The van der Waals surface area contributed by atoms with E-state index in [1.165, 1.54) is 11.1 Å². The summed E-state index contributed by atoms with van der Waals surface area (Å²) in [5, 5.41) is 10.6. The van der Waals surface area contributed by atoms with Crippen molar-refractivity contribution < 1.29 is 5.11 Å². The summed E-state index contributed by atoms with van der Waals surface area (Å²) in [6.45, 7) is 5.01. The van der Waals surface area contributed by atoms with Crippen molar-refractivity contribution >= 4 is 5.52 Å². The highest BCUT2D eigenvalue weighted by atomic mass is 16.3. The lowest BCUT2D eigenvalue weighted by molar-refractivity contribution is 0.0574. The third-order valence-electron chi connectivity index (χ3n) is 5.64. The summed E-state index contributed by atoms with van der Waals surface area (Å²) in [5.41, 5.74) is 3.59. The first-order valence-electron chi connectivity index (χ1n) is 9.57. The molecule has 1 atom stereocenters. The molecule has 4 nitrogen and oxygen atoms in total. The molecule has 0 spiro atoms. The smallest absolute Gasteiger partial charge is 0.110 e. The number of nitrogens with zero attached hydrogens (tertiary/aromatic N) is 3. The molecule has 3 aromatic rings. The van der Waals surface area contributed by atoms with Gasteiger partial charge in [0, 0.05) is 12.7 Å². The van der Waals surface area contributed by atoms with E-state index in [0.717, 1.165) is 50.4 Å². The minimum atomic E-state index is -0.241. The summed E-state index contributed by atoms with van der Waals surface area (Å²) in [6, 6.07) is 16.6. The molecule has 0 unspecified atom stereocenters. The number of aromatic nitrogens is 2. The number of aryl methyl sites for hydroxylation is 1. The Morgan fingerprint density at radius 1 is 1.08 bits per heavy atom. The van der Waals surface area contributed by atoms with Crippen molar-refractivity contribution in [3.05, 3.63) is 71.8 Å². The van der Waals surface area contributed by atoms with Gasteiger partial charge in [0.15, 0.2) is 0 Å². The summed E-state index contributed by atoms with van der Waals surface area (Å²) in [7, 11) is 0. The molecule has 0 bridgehead atoms. The van der Waals surface area contributed by atoms with E-state index in [1.807, 2.05) is 24.3 Å². The molecule has 0 amide bonds. The van der Waals surface area contributed by atoms with E-state index in [1.54, 1.807) is 0 Å². The first kappa shape index (κ1) is 17.3. The van der Waals surface area contributed by atoms with Crippen LogP contribution in [0.25, 0.3) is 5.52 Å². The summed E-state index contributed by atoms with van der Waals surface area (Å²) in [4.78, 5) is 7.24. The Bertz CT molecular complexity index is 850. The standard InChI is InChI=1S/C22H27N3O/c1-17-23-20(21-9-5-6-12-25(17)21)16-24-13-10-19(11-14-24)22(26)15-18-7-3-2-4-8-18/h2-9,12,19,22,26H,10-11,13-16H2,1H3/t22-/m1/s1. The summed E-state index contributed by atoms with van der Waals surface area (Å²) < 4.78 is 2.16. The first-order valence-corrected chi connectivity index (χ1v) is 9.57. The van der Waals surface area contributed by atoms with Crippen LogP contribution in [0.5, 0.6) is 0 Å². The Morgan fingerprint density at radius 3 is 2.58 bits per heavy atom. The van der Waals surface area contributed by atoms with Gasteiger partial charge in [0.1, 0.15) is 5.82 Å². The zero-order valence-corrected chi connectivity index (χ0v) is 15.4. The number of aliphatic hydroxyl groups excluding tert-OH is 1. The van der Waals surface area contributed by atoms with Gasteiger partial charge in [0.25, 0.3) is 0 Å². The lowest BCUT2D eigenvalue weighted by Gasteiger charge is -2.34. The van der Waals surface area contributed by atoms with E-state index in [0.29, 0.717) is 5.92 Å². The van der Waals surface area contributed by atoms with E-state index in [-0.39, 0.29) is 6.10 Å². The van der Waals surface area contributed by atoms with Crippen LogP contribution in [0.2, 0.25) is 0 Å². The number of benzene rings is 1. The molecule has 0 aliphatic carbocycles. The normalized spacial score (nSPS) is 17.6. The van der Waals surface area contributed by atoms with Gasteiger partial charge in [-0.05, 0) is 62.9 Å². The molecular formula is C22H27N3O. The van der Waals surface area contributed by atoms with Gasteiger partial charge in [-0.3, -0.25) is 4.90 Å². The van der Waals surface area contributed by atoms with Crippen LogP contribution >= 0.6 is 0 Å². The van der Waals surface area contributed by atoms with Crippen molar-refractivity contribution in [2.45, 2.75) is 38.8 Å². The number of fused-ring (bicyclic) bond motifs is 1. The average molecular weight is 349 g/mol. The predicted octanol–water partition coefficient (Wildman–Crippen LogP) is 3.46. The van der Waals surface area contributed by atoms with Gasteiger partial charge in [0.05, 0.1) is 17.3 Å². The Balaban J connectivity index is 1.35. The topological polar surface area (TPSA) is 40.8 Å². The summed E-state index contributed by atoms with van der Waals surface area (Å²) >= 11 is 0. The van der Waals surface area contributed by atoms with Crippen molar-refractivity contribution in [1.29, 1.82) is 0 Å². The van der Waals surface area contributed by atoms with Gasteiger partial charge in [-0.1, -0.05) is 36.4 Å². The van der Waals surface area contributed by atoms with E-state index in [4.69, 9.17) is 4.98 Å². The van der Waals surface area contributed by atoms with Gasteiger partial charge in [0.2, 0.25) is 0 Å². The number of piperidine rings is 1. The third-order valence-corrected chi connectivity index (χ3v) is 5.64. The minimum Gasteiger partial charge on any atom is -0.392 e. The van der Waals surface area contributed by atoms with Crippen molar-refractivity contribution in [2.75, 3.05) is 13.1 Å². The zero-order chi connectivity index (χ0) is 17.9. The van der Waals surface area contributed by atoms with Crippen LogP contribution in [0.1, 0.15) is 29.9 Å². The van der Waals surface area contributed by atoms with Crippen LogP contribution in [0.15, 0.2) is 54.7 Å². The van der Waals surface area contributed by atoms with Crippen molar-refractivity contribution in [3.63, 3.8) is 0 Å². The molecule has 4 heteroatoms. The van der Waals surface area contributed by atoms with E-state index < -0.39 is 0 Å². The molecule has 2 aromatic heterocycles. The lowest BCUT2D eigenvalue weighted by Crippen LogP contribution is -2.38. The first-order chi connectivity index (χ1) is 12.7. The molecule has 0 saturated carbocycles. The largest absolute Gasteiger partial charge is 0.392 e. The third kappa shape index (κ3) is 3.67. The molecule has 1 fully saturated rings. The van der Waals surface area contributed by atoms with Gasteiger partial charge < -0.3 is 9.51 Å². The molecule has 1 aliphatic rings. The van der Waals surface area contributed by atoms with Gasteiger partial charge >= 0.3 is 0 Å². The Labute approximate surface area is 155 Å². The number of imidazole rings is 1. The lowest BCUT2D eigenvalue weighted by atomic mass is 9.88. The fourth-order valence-electron chi connectivity index (χ4n) is 4.11. The van der Waals surface area contributed by atoms with Gasteiger partial charge in [-0.2, -0.15) is 0 Å². The van der Waals surface area contributed by atoms with Crippen LogP contribution in [0, 0.1) is 12.8 Å². The maximum atomic E-state index is 10.6. The highest BCUT2D eigenvalue weighted by Crippen LogP contribution is 2.25. The molecule has 1 N–H and O–H groups in total. The molecule has 3 heterocycles. The summed E-state index contributed by atoms with van der Waals surface area (Å²) in [6.07, 6.45) is 4.71. The van der Waals surface area contributed by atoms with Crippen LogP contribution in [-0.2, 0) is 13.0 Å². The monoisotopic (exact) mass is 349 g/mol. The highest BCUT2D eigenvalue weighted by molar-refractivity contribution is 5.53. The van der Waals surface area contributed by atoms with Crippen LogP contribution in [0.3, 0.4) is 0 Å². The second-order valence-electron chi connectivity index (χ2n) is 7.43. The molecule has 4 rings (SSSR count). The Morgan fingerprint density at radius 2 is 1.81 bits per heavy atom. The van der Waals surface area contributed by atoms with Crippen molar-refractivity contribution in [2.24, 2.45) is 5.92 Å². The number of likely N-dealkylation sites (tertiary alicyclic amines) is 1. The van der Waals surface area contributed by atoms with Crippen LogP contribution < -0.4 is 0 Å². The number of hydrogen-bond donors (Lipinski definition) is 1. The molecule has 0 radical (unpaired) electrons. The molecule has 26 heavy (non-hydrogen) atoms. The van der Waals surface area contributed by atoms with Crippen molar-refractivity contribution in [1.82, 2.24) is 14.3 Å². The fraction of sp³-hybridized carbons (Fsp3) is 0.409. The van der Waals surface area contributed by atoms with Gasteiger partial charge in [-0.25, -0.2) is 4.98 Å². The van der Waals surface area contributed by atoms with Crippen LogP contribution in [0.4, 0.5) is 0 Å². The fourth-order valence-corrected chi connectivity index (χ4v) is 4.11. The maximum Gasteiger partial charge on any atom is 0.110 e. The molecule has 1 aliphatic heterocycles. The van der Waals surface area contributed by atoms with Crippen LogP contribution in [-0.4, -0.2) is 38.6 Å². The van der Waals surface area contributed by atoms with Crippen molar-refractivity contribution in [3.8, 4) is 0 Å². The number of pyridine rings is 1. The highest BCUT2D eigenvalue weighted by Gasteiger charge is 2.26. The Kier molecular flexibility index (Phi) is 5.05.